The van der Waals surface area contributed by atoms with E-state index in [0.29, 0.717) is 5.92 Å². The molecule has 0 bridgehead atoms. The van der Waals surface area contributed by atoms with Crippen molar-refractivity contribution < 1.29 is 14.6 Å². The van der Waals surface area contributed by atoms with Gasteiger partial charge in [-0.15, -0.1) is 0 Å². The molecule has 0 heterocycles. The van der Waals surface area contributed by atoms with E-state index in [1.807, 2.05) is 32.1 Å². The second kappa shape index (κ2) is 7.53. The first-order valence-corrected chi connectivity index (χ1v) is 6.74. The van der Waals surface area contributed by atoms with E-state index >= 15 is 0 Å². The highest BCUT2D eigenvalue weighted by Gasteiger charge is 2.03. The number of carboxylic acid groups (broad SMARTS) is 1. The van der Waals surface area contributed by atoms with Crippen LogP contribution in [0, 0.1) is 0 Å². The lowest BCUT2D eigenvalue weighted by atomic mass is 10.0. The van der Waals surface area contributed by atoms with E-state index in [-0.39, 0.29) is 6.10 Å². The molecule has 1 aromatic rings. The Morgan fingerprint density at radius 3 is 2.25 bits per heavy atom. The quantitative estimate of drug-likeness (QED) is 0.625. The topological polar surface area (TPSA) is 46.5 Å². The number of hydrogen-bond donors (Lipinski definition) is 1. The van der Waals surface area contributed by atoms with Gasteiger partial charge in [-0.05, 0) is 43.5 Å². The lowest BCUT2D eigenvalue weighted by Crippen LogP contribution is -2.08. The van der Waals surface area contributed by atoms with E-state index in [9.17, 15) is 4.79 Å². The van der Waals surface area contributed by atoms with Crippen LogP contribution in [0.25, 0.3) is 0 Å². The number of hydrogen-bond acceptors (Lipinski definition) is 2. The smallest absolute Gasteiger partial charge is 0.328 e. The van der Waals surface area contributed by atoms with Gasteiger partial charge in [0.05, 0.1) is 0 Å². The third-order valence-corrected chi connectivity index (χ3v) is 2.86. The lowest BCUT2D eigenvalue weighted by Gasteiger charge is -2.13. The molecule has 1 N–H and O–H groups in total. The number of carbonyl (C=O) groups is 1. The minimum Gasteiger partial charge on any atom is -0.487 e. The summed E-state index contributed by atoms with van der Waals surface area (Å²) in [7, 11) is 0. The highest BCUT2D eigenvalue weighted by atomic mass is 16.5. The summed E-state index contributed by atoms with van der Waals surface area (Å²) in [5.41, 5.74) is 2.14. The minimum atomic E-state index is -0.949. The molecular formula is C17H22O3. The van der Waals surface area contributed by atoms with Gasteiger partial charge in [0.15, 0.2) is 0 Å². The molecule has 0 aliphatic heterocycles. The predicted molar refractivity (Wildman–Crippen MR) is 81.2 cm³/mol. The monoisotopic (exact) mass is 274 g/mol. The molecule has 1 aromatic carbocycles. The SMILES string of the molecule is CC(/C=C/C(=O)O)=C\C(C)Oc1ccc(C(C)C)cc1. The summed E-state index contributed by atoms with van der Waals surface area (Å²) in [6, 6.07) is 8.05. The maximum atomic E-state index is 10.4. The first-order chi connectivity index (χ1) is 9.38. The van der Waals surface area contributed by atoms with Crippen molar-refractivity contribution in [1.82, 2.24) is 0 Å². The minimum absolute atomic E-state index is 0.113. The highest BCUT2D eigenvalue weighted by molar-refractivity contribution is 5.80. The molecule has 0 amide bonds. The molecule has 1 atom stereocenters. The first-order valence-electron chi connectivity index (χ1n) is 6.74. The first kappa shape index (κ1) is 16.0. The summed E-state index contributed by atoms with van der Waals surface area (Å²) in [6.07, 6.45) is 4.45. The second-order valence-electron chi connectivity index (χ2n) is 5.13. The second-order valence-corrected chi connectivity index (χ2v) is 5.13. The maximum Gasteiger partial charge on any atom is 0.328 e. The Hall–Kier alpha value is -2.03. The van der Waals surface area contributed by atoms with Gasteiger partial charge in [-0.3, -0.25) is 0 Å². The van der Waals surface area contributed by atoms with E-state index in [1.54, 1.807) is 6.08 Å². The van der Waals surface area contributed by atoms with Gasteiger partial charge in [-0.25, -0.2) is 4.79 Å². The molecule has 0 spiro atoms. The van der Waals surface area contributed by atoms with Crippen molar-refractivity contribution in [1.29, 1.82) is 0 Å². The van der Waals surface area contributed by atoms with Crippen LogP contribution in [-0.4, -0.2) is 17.2 Å². The molecule has 0 fully saturated rings. The Morgan fingerprint density at radius 1 is 1.15 bits per heavy atom. The molecule has 1 unspecified atom stereocenters. The lowest BCUT2D eigenvalue weighted by molar-refractivity contribution is -0.131. The normalized spacial score (nSPS) is 13.8. The Morgan fingerprint density at radius 2 is 1.75 bits per heavy atom. The summed E-state index contributed by atoms with van der Waals surface area (Å²) in [6.45, 7) is 8.08. The summed E-state index contributed by atoms with van der Waals surface area (Å²) in [5, 5.41) is 8.56. The Labute approximate surface area is 120 Å². The van der Waals surface area contributed by atoms with Gasteiger partial charge in [-0.2, -0.15) is 0 Å². The van der Waals surface area contributed by atoms with E-state index < -0.39 is 5.97 Å². The highest BCUT2D eigenvalue weighted by Crippen LogP contribution is 2.19. The zero-order valence-corrected chi connectivity index (χ0v) is 12.5. The van der Waals surface area contributed by atoms with Crippen molar-refractivity contribution in [3.05, 3.63) is 53.6 Å². The molecule has 0 aliphatic rings. The fourth-order valence-electron chi connectivity index (χ4n) is 1.81. The van der Waals surface area contributed by atoms with Crippen molar-refractivity contribution in [2.45, 2.75) is 39.7 Å². The van der Waals surface area contributed by atoms with Crippen LogP contribution in [-0.2, 0) is 4.79 Å². The van der Waals surface area contributed by atoms with Gasteiger partial charge >= 0.3 is 5.97 Å². The average Bonchev–Trinajstić information content (AvgIpc) is 2.36. The maximum absolute atomic E-state index is 10.4. The Balaban J connectivity index is 2.63. The number of aliphatic carboxylic acids is 1. The summed E-state index contributed by atoms with van der Waals surface area (Å²) < 4.78 is 5.77. The van der Waals surface area contributed by atoms with Crippen LogP contribution in [0.4, 0.5) is 0 Å². The number of carboxylic acids is 1. The number of rotatable bonds is 6. The molecule has 0 saturated heterocycles. The van der Waals surface area contributed by atoms with Crippen molar-refractivity contribution in [2.75, 3.05) is 0 Å². The van der Waals surface area contributed by atoms with Crippen LogP contribution in [0.1, 0.15) is 39.2 Å². The van der Waals surface area contributed by atoms with Crippen LogP contribution in [0.2, 0.25) is 0 Å². The summed E-state index contributed by atoms with van der Waals surface area (Å²) >= 11 is 0. The number of ether oxygens (including phenoxy) is 1. The van der Waals surface area contributed by atoms with Crippen molar-refractivity contribution in [2.24, 2.45) is 0 Å². The predicted octanol–water partition coefficient (Wildman–Crippen LogP) is 4.16. The summed E-state index contributed by atoms with van der Waals surface area (Å²) in [5.74, 6) is 0.369. The average molecular weight is 274 g/mol. The van der Waals surface area contributed by atoms with Crippen molar-refractivity contribution in [3.8, 4) is 5.75 Å². The Kier molecular flexibility index (Phi) is 6.04. The molecule has 0 radical (unpaired) electrons. The molecule has 0 aliphatic carbocycles. The fourth-order valence-corrected chi connectivity index (χ4v) is 1.81. The fraction of sp³-hybridized carbons (Fsp3) is 0.353. The van der Waals surface area contributed by atoms with Crippen LogP contribution in [0.3, 0.4) is 0 Å². The van der Waals surface area contributed by atoms with Gasteiger partial charge in [0.25, 0.3) is 0 Å². The van der Waals surface area contributed by atoms with Crippen molar-refractivity contribution in [3.63, 3.8) is 0 Å². The third-order valence-electron chi connectivity index (χ3n) is 2.86. The molecule has 108 valence electrons. The van der Waals surface area contributed by atoms with E-state index in [0.717, 1.165) is 17.4 Å². The van der Waals surface area contributed by atoms with Gasteiger partial charge in [0, 0.05) is 6.08 Å². The van der Waals surface area contributed by atoms with E-state index in [2.05, 4.69) is 26.0 Å². The standard InChI is InChI=1S/C17H22O3/c1-12(2)15-6-8-16(9-7-15)20-14(4)11-13(3)5-10-17(18)19/h5-12,14H,1-4H3,(H,18,19)/b10-5+,13-11+. The van der Waals surface area contributed by atoms with Gasteiger partial charge < -0.3 is 9.84 Å². The molecule has 0 aromatic heterocycles. The van der Waals surface area contributed by atoms with Crippen LogP contribution in [0.5, 0.6) is 5.75 Å². The molecule has 0 saturated carbocycles. The van der Waals surface area contributed by atoms with Gasteiger partial charge in [0.1, 0.15) is 11.9 Å². The van der Waals surface area contributed by atoms with E-state index in [4.69, 9.17) is 9.84 Å². The molecular weight excluding hydrogens is 252 g/mol. The number of benzene rings is 1. The van der Waals surface area contributed by atoms with Gasteiger partial charge in [-0.1, -0.05) is 37.6 Å². The van der Waals surface area contributed by atoms with Crippen molar-refractivity contribution >= 4 is 5.97 Å². The van der Waals surface area contributed by atoms with E-state index in [1.165, 1.54) is 5.56 Å². The zero-order valence-electron chi connectivity index (χ0n) is 12.5. The largest absolute Gasteiger partial charge is 0.487 e. The molecule has 3 nitrogen and oxygen atoms in total. The van der Waals surface area contributed by atoms with Crippen LogP contribution >= 0.6 is 0 Å². The Bertz CT molecular complexity index is 495. The third kappa shape index (κ3) is 5.74. The summed E-state index contributed by atoms with van der Waals surface area (Å²) in [4.78, 5) is 10.4. The molecule has 3 heteroatoms. The van der Waals surface area contributed by atoms with Crippen LogP contribution in [0.15, 0.2) is 48.1 Å². The molecule has 1 rings (SSSR count). The number of allylic oxidation sites excluding steroid dienone is 2. The molecule has 20 heavy (non-hydrogen) atoms. The zero-order chi connectivity index (χ0) is 15.1. The van der Waals surface area contributed by atoms with Crippen LogP contribution < -0.4 is 4.74 Å². The van der Waals surface area contributed by atoms with Gasteiger partial charge in [0.2, 0.25) is 0 Å².